The highest BCUT2D eigenvalue weighted by molar-refractivity contribution is 8.18. The Bertz CT molecular complexity index is 1340. The molecule has 2 saturated heterocycles. The molecule has 0 atom stereocenters. The predicted molar refractivity (Wildman–Crippen MR) is 151 cm³/mol. The summed E-state index contributed by atoms with van der Waals surface area (Å²) in [6.07, 6.45) is 4.41. The minimum absolute atomic E-state index is 0.145. The van der Waals surface area contributed by atoms with Crippen LogP contribution in [0.4, 0.5) is 10.5 Å². The molecule has 0 aromatic heterocycles. The van der Waals surface area contributed by atoms with Crippen LogP contribution in [0.2, 0.25) is 10.0 Å². The van der Waals surface area contributed by atoms with Gasteiger partial charge in [-0.2, -0.15) is 0 Å². The number of amides is 4. The maximum absolute atomic E-state index is 12.9. The Balaban J connectivity index is 1.42. The molecule has 2 aromatic carbocycles. The van der Waals surface area contributed by atoms with Crippen molar-refractivity contribution in [2.24, 2.45) is 0 Å². The number of likely N-dealkylation sites (tertiary alicyclic amines) is 1. The standard InChI is InChI=1S/C27H27Cl2N3O6S/c1-16-6-7-18(13-19(16)28)30-23(33)15-38-25-20(29)10-17(11-21(25)37-2)12-22-26(35)32(27(36)39-22)14-24(34)31-8-4-3-5-9-31/h6-7,10-13H,3-5,8-9,14-15H2,1-2H3,(H,30,33)/b22-12-. The Morgan fingerprint density at radius 2 is 1.82 bits per heavy atom. The van der Waals surface area contributed by atoms with Gasteiger partial charge in [0.2, 0.25) is 5.91 Å². The van der Waals surface area contributed by atoms with E-state index in [0.29, 0.717) is 29.4 Å². The molecular weight excluding hydrogens is 565 g/mol. The first-order chi connectivity index (χ1) is 18.7. The van der Waals surface area contributed by atoms with Crippen molar-refractivity contribution in [2.45, 2.75) is 26.2 Å². The highest BCUT2D eigenvalue weighted by atomic mass is 35.5. The zero-order valence-corrected chi connectivity index (χ0v) is 23.8. The summed E-state index contributed by atoms with van der Waals surface area (Å²) in [7, 11) is 1.41. The van der Waals surface area contributed by atoms with E-state index in [1.807, 2.05) is 6.92 Å². The molecule has 0 bridgehead atoms. The number of aryl methyl sites for hydroxylation is 1. The van der Waals surface area contributed by atoms with E-state index in [-0.39, 0.29) is 40.5 Å². The van der Waals surface area contributed by atoms with Crippen molar-refractivity contribution >= 4 is 69.7 Å². The summed E-state index contributed by atoms with van der Waals surface area (Å²) >= 11 is 13.3. The smallest absolute Gasteiger partial charge is 0.294 e. The fraction of sp³-hybridized carbons (Fsp3) is 0.333. The van der Waals surface area contributed by atoms with Gasteiger partial charge in [0, 0.05) is 23.8 Å². The molecule has 206 valence electrons. The lowest BCUT2D eigenvalue weighted by atomic mass is 10.1. The fourth-order valence-electron chi connectivity index (χ4n) is 4.13. The number of hydrogen-bond donors (Lipinski definition) is 1. The van der Waals surface area contributed by atoms with Gasteiger partial charge in [-0.15, -0.1) is 0 Å². The molecule has 2 fully saturated rings. The van der Waals surface area contributed by atoms with Gasteiger partial charge in [-0.05, 0) is 79.4 Å². The SMILES string of the molecule is COc1cc(/C=C2\SC(=O)N(CC(=O)N3CCCCC3)C2=O)cc(Cl)c1OCC(=O)Nc1ccc(C)c(Cl)c1. The van der Waals surface area contributed by atoms with E-state index < -0.39 is 17.1 Å². The average molecular weight is 593 g/mol. The van der Waals surface area contributed by atoms with E-state index in [2.05, 4.69) is 5.32 Å². The van der Waals surface area contributed by atoms with Crippen molar-refractivity contribution in [2.75, 3.05) is 38.7 Å². The second-order valence-electron chi connectivity index (χ2n) is 9.04. The molecule has 4 amide bonds. The molecule has 4 rings (SSSR count). The van der Waals surface area contributed by atoms with Crippen molar-refractivity contribution in [3.63, 3.8) is 0 Å². The molecule has 0 saturated carbocycles. The van der Waals surface area contributed by atoms with Crippen LogP contribution in [0, 0.1) is 6.92 Å². The van der Waals surface area contributed by atoms with E-state index in [1.54, 1.807) is 29.2 Å². The molecule has 9 nitrogen and oxygen atoms in total. The quantitative estimate of drug-likeness (QED) is 0.411. The lowest BCUT2D eigenvalue weighted by Gasteiger charge is -2.27. The molecule has 0 unspecified atom stereocenters. The highest BCUT2D eigenvalue weighted by Crippen LogP contribution is 2.39. The van der Waals surface area contributed by atoms with Gasteiger partial charge in [-0.25, -0.2) is 0 Å². The maximum atomic E-state index is 12.9. The molecule has 0 radical (unpaired) electrons. The van der Waals surface area contributed by atoms with Gasteiger partial charge in [-0.1, -0.05) is 29.3 Å². The molecule has 39 heavy (non-hydrogen) atoms. The Morgan fingerprint density at radius 1 is 1.08 bits per heavy atom. The van der Waals surface area contributed by atoms with E-state index in [4.69, 9.17) is 32.7 Å². The number of hydrogen-bond acceptors (Lipinski definition) is 7. The second-order valence-corrected chi connectivity index (χ2v) is 10.9. The van der Waals surface area contributed by atoms with Crippen LogP contribution in [-0.2, 0) is 14.4 Å². The summed E-state index contributed by atoms with van der Waals surface area (Å²) in [5.74, 6) is -0.824. The van der Waals surface area contributed by atoms with E-state index in [0.717, 1.165) is 41.5 Å². The lowest BCUT2D eigenvalue weighted by molar-refractivity contribution is -0.136. The topological polar surface area (TPSA) is 105 Å². The summed E-state index contributed by atoms with van der Waals surface area (Å²) in [6, 6.07) is 8.27. The Hall–Kier alpha value is -3.21. The van der Waals surface area contributed by atoms with E-state index >= 15 is 0 Å². The summed E-state index contributed by atoms with van der Waals surface area (Å²) in [5.41, 5.74) is 1.90. The van der Waals surface area contributed by atoms with Crippen molar-refractivity contribution in [1.82, 2.24) is 9.80 Å². The second kappa shape index (κ2) is 12.8. The molecule has 2 aliphatic rings. The fourth-order valence-corrected chi connectivity index (χ4v) is 5.43. The molecule has 1 N–H and O–H groups in total. The molecular formula is C27H27Cl2N3O6S. The van der Waals surface area contributed by atoms with Gasteiger partial charge < -0.3 is 19.7 Å². The number of nitrogens with one attached hydrogen (secondary N) is 1. The lowest BCUT2D eigenvalue weighted by Crippen LogP contribution is -2.44. The summed E-state index contributed by atoms with van der Waals surface area (Å²) in [6.45, 7) is 2.51. The van der Waals surface area contributed by atoms with Gasteiger partial charge in [0.05, 0.1) is 17.0 Å². The largest absolute Gasteiger partial charge is 0.493 e. The van der Waals surface area contributed by atoms with E-state index in [9.17, 15) is 19.2 Å². The number of carbonyl (C=O) groups is 4. The normalized spacial score (nSPS) is 16.6. The molecule has 2 aliphatic heterocycles. The molecule has 0 aliphatic carbocycles. The first-order valence-corrected chi connectivity index (χ1v) is 13.8. The van der Waals surface area contributed by atoms with Crippen LogP contribution in [0.15, 0.2) is 35.2 Å². The van der Waals surface area contributed by atoms with Crippen molar-refractivity contribution in [3.05, 3.63) is 56.4 Å². The molecule has 2 heterocycles. The van der Waals surface area contributed by atoms with Crippen LogP contribution < -0.4 is 14.8 Å². The van der Waals surface area contributed by atoms with Crippen molar-refractivity contribution < 1.29 is 28.7 Å². The number of rotatable bonds is 8. The van der Waals surface area contributed by atoms with Gasteiger partial charge in [0.15, 0.2) is 18.1 Å². The minimum atomic E-state index is -0.543. The first-order valence-electron chi connectivity index (χ1n) is 12.3. The van der Waals surface area contributed by atoms with Crippen LogP contribution >= 0.6 is 35.0 Å². The minimum Gasteiger partial charge on any atom is -0.493 e. The number of benzene rings is 2. The number of anilines is 1. The van der Waals surface area contributed by atoms with Crippen molar-refractivity contribution in [3.8, 4) is 11.5 Å². The number of carbonyl (C=O) groups excluding carboxylic acids is 4. The number of imide groups is 1. The predicted octanol–water partition coefficient (Wildman–Crippen LogP) is 5.38. The van der Waals surface area contributed by atoms with Crippen molar-refractivity contribution in [1.29, 1.82) is 0 Å². The van der Waals surface area contributed by atoms with Crippen LogP contribution in [0.5, 0.6) is 11.5 Å². The van der Waals surface area contributed by atoms with Gasteiger partial charge in [0.25, 0.3) is 17.1 Å². The Labute approximate surface area is 240 Å². The number of thioether (sulfide) groups is 1. The van der Waals surface area contributed by atoms with E-state index in [1.165, 1.54) is 19.3 Å². The van der Waals surface area contributed by atoms with Crippen LogP contribution in [0.3, 0.4) is 0 Å². The third-order valence-corrected chi connectivity index (χ3v) is 7.82. The summed E-state index contributed by atoms with van der Waals surface area (Å²) in [5, 5.41) is 2.87. The van der Waals surface area contributed by atoms with Gasteiger partial charge in [0.1, 0.15) is 6.54 Å². The van der Waals surface area contributed by atoms with Gasteiger partial charge >= 0.3 is 0 Å². The molecule has 12 heteroatoms. The highest BCUT2D eigenvalue weighted by Gasteiger charge is 2.37. The Kier molecular flexibility index (Phi) is 9.42. The number of methoxy groups -OCH3 is 1. The first kappa shape index (κ1) is 28.8. The third-order valence-electron chi connectivity index (χ3n) is 6.23. The third kappa shape index (κ3) is 7.06. The number of nitrogens with zero attached hydrogens (tertiary/aromatic N) is 2. The summed E-state index contributed by atoms with van der Waals surface area (Å²) in [4.78, 5) is 53.2. The van der Waals surface area contributed by atoms with Crippen LogP contribution in [0.25, 0.3) is 6.08 Å². The summed E-state index contributed by atoms with van der Waals surface area (Å²) < 4.78 is 11.0. The van der Waals surface area contributed by atoms with Crippen LogP contribution in [0.1, 0.15) is 30.4 Å². The number of piperidine rings is 1. The van der Waals surface area contributed by atoms with Gasteiger partial charge in [-0.3, -0.25) is 24.1 Å². The monoisotopic (exact) mass is 591 g/mol. The molecule has 2 aromatic rings. The Morgan fingerprint density at radius 3 is 2.51 bits per heavy atom. The number of ether oxygens (including phenoxy) is 2. The number of halogens is 2. The zero-order valence-electron chi connectivity index (χ0n) is 21.4. The maximum Gasteiger partial charge on any atom is 0.294 e. The average Bonchev–Trinajstić information content (AvgIpc) is 3.17. The zero-order chi connectivity index (χ0) is 28.1. The van der Waals surface area contributed by atoms with Crippen LogP contribution in [-0.4, -0.2) is 66.1 Å². The molecule has 0 spiro atoms.